The van der Waals surface area contributed by atoms with E-state index >= 15 is 0 Å². The number of hydrogen-bond acceptors (Lipinski definition) is 2. The van der Waals surface area contributed by atoms with Crippen LogP contribution in [0.1, 0.15) is 57.8 Å². The van der Waals surface area contributed by atoms with Gasteiger partial charge in [-0.2, -0.15) is 0 Å². The van der Waals surface area contributed by atoms with Gasteiger partial charge in [-0.1, -0.05) is 12.8 Å². The fourth-order valence-corrected chi connectivity index (χ4v) is 4.34. The summed E-state index contributed by atoms with van der Waals surface area (Å²) in [5.41, 5.74) is 0. The van der Waals surface area contributed by atoms with Crippen LogP contribution in [0.3, 0.4) is 0 Å². The second kappa shape index (κ2) is 6.25. The number of hydrogen-bond donors (Lipinski definition) is 0. The Balaban J connectivity index is 1.56. The summed E-state index contributed by atoms with van der Waals surface area (Å²) < 4.78 is 0. The number of amides is 1. The molecule has 3 aliphatic rings. The number of carbonyl (C=O) groups is 1. The molecule has 0 N–H and O–H groups in total. The first-order valence-electron chi connectivity index (χ1n) is 8.36. The number of likely N-dealkylation sites (tertiary alicyclic amines) is 2. The standard InChI is InChI=1S/C16H28N2O/c19-16(17-10-4-1-5-11-17)13-18-12-6-8-14-7-2-3-9-15(14)18/h14-15H,1-13H2. The molecule has 2 atom stereocenters. The van der Waals surface area contributed by atoms with Crippen LogP contribution in [0.5, 0.6) is 0 Å². The molecule has 3 rings (SSSR count). The van der Waals surface area contributed by atoms with E-state index in [9.17, 15) is 4.79 Å². The van der Waals surface area contributed by atoms with Gasteiger partial charge in [0, 0.05) is 19.1 Å². The summed E-state index contributed by atoms with van der Waals surface area (Å²) in [6.07, 6.45) is 11.9. The summed E-state index contributed by atoms with van der Waals surface area (Å²) in [7, 11) is 0. The Labute approximate surface area is 117 Å². The minimum absolute atomic E-state index is 0.394. The molecule has 0 aromatic rings. The Morgan fingerprint density at radius 3 is 2.42 bits per heavy atom. The first kappa shape index (κ1) is 13.4. The van der Waals surface area contributed by atoms with E-state index in [1.54, 1.807) is 0 Å². The third-order valence-electron chi connectivity index (χ3n) is 5.41. The highest BCUT2D eigenvalue weighted by Crippen LogP contribution is 2.35. The third kappa shape index (κ3) is 3.13. The van der Waals surface area contributed by atoms with Crippen LogP contribution in [0.2, 0.25) is 0 Å². The van der Waals surface area contributed by atoms with Crippen LogP contribution in [0, 0.1) is 5.92 Å². The minimum atomic E-state index is 0.394. The lowest BCUT2D eigenvalue weighted by atomic mass is 9.78. The topological polar surface area (TPSA) is 23.6 Å². The normalized spacial score (nSPS) is 32.9. The smallest absolute Gasteiger partial charge is 0.236 e. The summed E-state index contributed by atoms with van der Waals surface area (Å²) in [6, 6.07) is 0.719. The van der Waals surface area contributed by atoms with Gasteiger partial charge in [-0.25, -0.2) is 0 Å². The lowest BCUT2D eigenvalue weighted by molar-refractivity contribution is -0.135. The maximum absolute atomic E-state index is 12.4. The largest absolute Gasteiger partial charge is 0.342 e. The molecule has 19 heavy (non-hydrogen) atoms. The molecule has 1 aliphatic carbocycles. The van der Waals surface area contributed by atoms with Gasteiger partial charge < -0.3 is 4.90 Å². The van der Waals surface area contributed by atoms with Crippen LogP contribution < -0.4 is 0 Å². The molecule has 2 aliphatic heterocycles. The Bertz CT molecular complexity index is 310. The average molecular weight is 264 g/mol. The zero-order valence-corrected chi connectivity index (χ0v) is 12.1. The molecule has 2 heterocycles. The lowest BCUT2D eigenvalue weighted by Crippen LogP contribution is -2.51. The molecule has 0 aromatic carbocycles. The van der Waals surface area contributed by atoms with Gasteiger partial charge in [0.05, 0.1) is 6.54 Å². The molecule has 0 radical (unpaired) electrons. The summed E-state index contributed by atoms with van der Waals surface area (Å²) in [6.45, 7) is 3.85. The molecular formula is C16H28N2O. The predicted octanol–water partition coefficient (Wildman–Crippen LogP) is 2.65. The first-order chi connectivity index (χ1) is 9.34. The zero-order valence-electron chi connectivity index (χ0n) is 12.1. The maximum atomic E-state index is 12.4. The Morgan fingerprint density at radius 2 is 1.58 bits per heavy atom. The van der Waals surface area contributed by atoms with Gasteiger partial charge in [0.2, 0.25) is 5.91 Å². The van der Waals surface area contributed by atoms with Crippen LogP contribution in [0.15, 0.2) is 0 Å². The monoisotopic (exact) mass is 264 g/mol. The zero-order chi connectivity index (χ0) is 13.1. The lowest BCUT2D eigenvalue weighted by Gasteiger charge is -2.44. The van der Waals surface area contributed by atoms with Gasteiger partial charge >= 0.3 is 0 Å². The van der Waals surface area contributed by atoms with Gasteiger partial charge in [-0.3, -0.25) is 9.69 Å². The number of carbonyl (C=O) groups excluding carboxylic acids is 1. The molecule has 3 fully saturated rings. The fraction of sp³-hybridized carbons (Fsp3) is 0.938. The van der Waals surface area contributed by atoms with E-state index in [-0.39, 0.29) is 0 Å². The van der Waals surface area contributed by atoms with Crippen molar-refractivity contribution in [3.05, 3.63) is 0 Å². The van der Waals surface area contributed by atoms with E-state index < -0.39 is 0 Å². The van der Waals surface area contributed by atoms with Gasteiger partial charge in [0.1, 0.15) is 0 Å². The van der Waals surface area contributed by atoms with Crippen molar-refractivity contribution >= 4 is 5.91 Å². The van der Waals surface area contributed by atoms with Gasteiger partial charge in [0.25, 0.3) is 0 Å². The SMILES string of the molecule is O=C(CN1CCCC2CCCCC21)N1CCCCC1. The second-order valence-electron chi connectivity index (χ2n) is 6.67. The summed E-state index contributed by atoms with van der Waals surface area (Å²) in [5.74, 6) is 1.28. The third-order valence-corrected chi connectivity index (χ3v) is 5.41. The van der Waals surface area contributed by atoms with Crippen LogP contribution in [0.25, 0.3) is 0 Å². The quantitative estimate of drug-likeness (QED) is 0.765. The van der Waals surface area contributed by atoms with Gasteiger partial charge in [-0.15, -0.1) is 0 Å². The summed E-state index contributed by atoms with van der Waals surface area (Å²) >= 11 is 0. The molecular weight excluding hydrogens is 236 g/mol. The summed E-state index contributed by atoms with van der Waals surface area (Å²) in [4.78, 5) is 17.1. The van der Waals surface area contributed by atoms with E-state index in [4.69, 9.17) is 0 Å². The van der Waals surface area contributed by atoms with Crippen molar-refractivity contribution in [1.82, 2.24) is 9.80 Å². The second-order valence-corrected chi connectivity index (χ2v) is 6.67. The Morgan fingerprint density at radius 1 is 0.842 bits per heavy atom. The van der Waals surface area contributed by atoms with E-state index in [0.717, 1.165) is 31.6 Å². The van der Waals surface area contributed by atoms with Gasteiger partial charge in [0.15, 0.2) is 0 Å². The molecule has 1 saturated carbocycles. The number of rotatable bonds is 2. The highest BCUT2D eigenvalue weighted by molar-refractivity contribution is 5.78. The van der Waals surface area contributed by atoms with Crippen LogP contribution in [-0.4, -0.2) is 47.9 Å². The summed E-state index contributed by atoms with van der Waals surface area (Å²) in [5, 5.41) is 0. The van der Waals surface area contributed by atoms with Crippen LogP contribution in [0.4, 0.5) is 0 Å². The average Bonchev–Trinajstić information content (AvgIpc) is 2.48. The van der Waals surface area contributed by atoms with Crippen molar-refractivity contribution in [3.63, 3.8) is 0 Å². The van der Waals surface area contributed by atoms with Crippen LogP contribution >= 0.6 is 0 Å². The van der Waals surface area contributed by atoms with Crippen molar-refractivity contribution in [1.29, 1.82) is 0 Å². The maximum Gasteiger partial charge on any atom is 0.236 e. The van der Waals surface area contributed by atoms with Crippen molar-refractivity contribution in [3.8, 4) is 0 Å². The highest BCUT2D eigenvalue weighted by Gasteiger charge is 2.34. The van der Waals surface area contributed by atoms with E-state index in [0.29, 0.717) is 12.5 Å². The first-order valence-corrected chi connectivity index (χ1v) is 8.36. The molecule has 2 unspecified atom stereocenters. The number of nitrogens with zero attached hydrogens (tertiary/aromatic N) is 2. The van der Waals surface area contributed by atoms with Crippen molar-refractivity contribution < 1.29 is 4.79 Å². The van der Waals surface area contributed by atoms with Crippen molar-refractivity contribution in [2.45, 2.75) is 63.8 Å². The molecule has 0 spiro atoms. The fourth-order valence-electron chi connectivity index (χ4n) is 4.34. The molecule has 2 saturated heterocycles. The predicted molar refractivity (Wildman–Crippen MR) is 77.0 cm³/mol. The number of piperidine rings is 2. The number of fused-ring (bicyclic) bond motifs is 1. The molecule has 3 nitrogen and oxygen atoms in total. The molecule has 1 amide bonds. The molecule has 108 valence electrons. The van der Waals surface area contributed by atoms with E-state index in [1.165, 1.54) is 57.8 Å². The Kier molecular flexibility index (Phi) is 4.42. The molecule has 3 heteroatoms. The molecule has 0 aromatic heterocycles. The van der Waals surface area contributed by atoms with E-state index in [2.05, 4.69) is 9.80 Å². The Hall–Kier alpha value is -0.570. The van der Waals surface area contributed by atoms with E-state index in [1.807, 2.05) is 0 Å². The van der Waals surface area contributed by atoms with Crippen LogP contribution in [-0.2, 0) is 4.79 Å². The minimum Gasteiger partial charge on any atom is -0.342 e. The molecule has 0 bridgehead atoms. The van der Waals surface area contributed by atoms with Crippen molar-refractivity contribution in [2.24, 2.45) is 5.92 Å². The highest BCUT2D eigenvalue weighted by atomic mass is 16.2. The van der Waals surface area contributed by atoms with Gasteiger partial charge in [-0.05, 0) is 57.4 Å². The van der Waals surface area contributed by atoms with Crippen molar-refractivity contribution in [2.75, 3.05) is 26.2 Å².